The highest BCUT2D eigenvalue weighted by atomic mass is 32.1. The van der Waals surface area contributed by atoms with Crippen molar-refractivity contribution < 1.29 is 19.0 Å². The highest BCUT2D eigenvalue weighted by Gasteiger charge is 2.23. The Morgan fingerprint density at radius 2 is 1.86 bits per heavy atom. The van der Waals surface area contributed by atoms with Gasteiger partial charge in [0.25, 0.3) is 5.91 Å². The van der Waals surface area contributed by atoms with E-state index in [-0.39, 0.29) is 5.91 Å². The van der Waals surface area contributed by atoms with E-state index in [2.05, 4.69) is 27.7 Å². The number of likely N-dealkylation sites (tertiary alicyclic amines) is 1. The van der Waals surface area contributed by atoms with Crippen LogP contribution in [0.15, 0.2) is 29.6 Å². The number of thiophene rings is 1. The molecule has 28 heavy (non-hydrogen) atoms. The van der Waals surface area contributed by atoms with Crippen molar-refractivity contribution in [2.75, 3.05) is 41.0 Å². The smallest absolute Gasteiger partial charge is 0.255 e. The molecule has 0 saturated carbocycles. The molecule has 7 heteroatoms. The fraction of sp³-hybridized carbons (Fsp3) is 0.476. The number of nitrogens with one attached hydrogen (secondary N) is 1. The average molecular weight is 405 g/mol. The molecule has 2 heterocycles. The number of hydrogen-bond acceptors (Lipinski definition) is 6. The summed E-state index contributed by atoms with van der Waals surface area (Å²) in [5.41, 5.74) is 0.454. The van der Waals surface area contributed by atoms with Crippen LogP contribution in [0.25, 0.3) is 0 Å². The molecule has 0 unspecified atom stereocenters. The second-order valence-corrected chi connectivity index (χ2v) is 7.92. The highest BCUT2D eigenvalue weighted by molar-refractivity contribution is 7.09. The molecule has 2 aromatic rings. The Morgan fingerprint density at radius 1 is 1.11 bits per heavy atom. The van der Waals surface area contributed by atoms with E-state index in [0.29, 0.717) is 35.3 Å². The number of benzene rings is 1. The Balaban J connectivity index is 1.53. The fourth-order valence-electron chi connectivity index (χ4n) is 3.58. The third-order valence-electron chi connectivity index (χ3n) is 5.17. The van der Waals surface area contributed by atoms with Crippen LogP contribution in [0.5, 0.6) is 17.2 Å². The van der Waals surface area contributed by atoms with E-state index < -0.39 is 0 Å². The Kier molecular flexibility index (Phi) is 7.17. The molecule has 0 radical (unpaired) electrons. The van der Waals surface area contributed by atoms with Gasteiger partial charge in [-0.2, -0.15) is 0 Å². The largest absolute Gasteiger partial charge is 0.493 e. The van der Waals surface area contributed by atoms with Crippen LogP contribution in [0.4, 0.5) is 0 Å². The monoisotopic (exact) mass is 404 g/mol. The first-order valence-corrected chi connectivity index (χ1v) is 10.4. The molecule has 1 amide bonds. The molecule has 1 aromatic heterocycles. The van der Waals surface area contributed by atoms with Crippen molar-refractivity contribution in [3.63, 3.8) is 0 Å². The number of methoxy groups -OCH3 is 3. The lowest BCUT2D eigenvalue weighted by Gasteiger charge is -2.31. The number of rotatable bonds is 8. The standard InChI is InChI=1S/C21H28N2O4S/c1-25-18-7-6-17(19(26-2)20(18)27-3)21(24)22-13-15-8-10-23(11-9-15)14-16-5-4-12-28-16/h4-7,12,15H,8-11,13-14H2,1-3H3,(H,22,24). The van der Waals surface area contributed by atoms with Gasteiger partial charge in [-0.1, -0.05) is 6.07 Å². The summed E-state index contributed by atoms with van der Waals surface area (Å²) in [4.78, 5) is 16.6. The van der Waals surface area contributed by atoms with Gasteiger partial charge < -0.3 is 19.5 Å². The fourth-order valence-corrected chi connectivity index (χ4v) is 4.33. The number of amides is 1. The van der Waals surface area contributed by atoms with E-state index in [1.807, 2.05) is 11.3 Å². The van der Waals surface area contributed by atoms with Crippen LogP contribution in [0.1, 0.15) is 28.1 Å². The molecule has 152 valence electrons. The van der Waals surface area contributed by atoms with Crippen molar-refractivity contribution in [3.05, 3.63) is 40.1 Å². The average Bonchev–Trinajstić information content (AvgIpc) is 3.24. The molecule has 1 N–H and O–H groups in total. The molecule has 1 aromatic carbocycles. The van der Waals surface area contributed by atoms with Gasteiger partial charge in [0.15, 0.2) is 11.5 Å². The van der Waals surface area contributed by atoms with E-state index in [1.165, 1.54) is 19.1 Å². The summed E-state index contributed by atoms with van der Waals surface area (Å²) in [6, 6.07) is 7.72. The SMILES string of the molecule is COc1ccc(C(=O)NCC2CCN(Cc3cccs3)CC2)c(OC)c1OC. The molecular formula is C21H28N2O4S. The molecule has 1 aliphatic rings. The summed E-state index contributed by atoms with van der Waals surface area (Å²) in [6.45, 7) is 3.83. The van der Waals surface area contributed by atoms with Crippen LogP contribution in [0, 0.1) is 5.92 Å². The van der Waals surface area contributed by atoms with Gasteiger partial charge in [-0.25, -0.2) is 0 Å². The van der Waals surface area contributed by atoms with Gasteiger partial charge in [0.2, 0.25) is 5.75 Å². The Hall–Kier alpha value is -2.25. The zero-order valence-electron chi connectivity index (χ0n) is 16.7. The lowest BCUT2D eigenvalue weighted by atomic mass is 9.96. The quantitative estimate of drug-likeness (QED) is 0.731. The maximum absolute atomic E-state index is 12.7. The topological polar surface area (TPSA) is 60.0 Å². The van der Waals surface area contributed by atoms with E-state index in [0.717, 1.165) is 32.5 Å². The Labute approximate surface area is 170 Å². The van der Waals surface area contributed by atoms with Crippen molar-refractivity contribution in [3.8, 4) is 17.2 Å². The predicted molar refractivity (Wildman–Crippen MR) is 111 cm³/mol. The number of nitrogens with zero attached hydrogens (tertiary/aromatic N) is 1. The van der Waals surface area contributed by atoms with Crippen molar-refractivity contribution in [2.45, 2.75) is 19.4 Å². The van der Waals surface area contributed by atoms with Crippen LogP contribution >= 0.6 is 11.3 Å². The predicted octanol–water partition coefficient (Wildman–Crippen LogP) is 3.42. The maximum Gasteiger partial charge on any atom is 0.255 e. The minimum atomic E-state index is -0.154. The lowest BCUT2D eigenvalue weighted by Crippen LogP contribution is -2.38. The second-order valence-electron chi connectivity index (χ2n) is 6.89. The van der Waals surface area contributed by atoms with Gasteiger partial charge >= 0.3 is 0 Å². The Bertz CT molecular complexity index is 771. The Morgan fingerprint density at radius 3 is 2.46 bits per heavy atom. The third kappa shape index (κ3) is 4.77. The van der Waals surface area contributed by atoms with Crippen molar-refractivity contribution in [1.29, 1.82) is 0 Å². The first-order valence-electron chi connectivity index (χ1n) is 9.48. The van der Waals surface area contributed by atoms with Crippen molar-refractivity contribution >= 4 is 17.2 Å². The third-order valence-corrected chi connectivity index (χ3v) is 6.03. The van der Waals surface area contributed by atoms with Gasteiger partial charge in [0, 0.05) is 18.0 Å². The number of carbonyl (C=O) groups excluding carboxylic acids is 1. The number of piperidine rings is 1. The number of hydrogen-bond donors (Lipinski definition) is 1. The summed E-state index contributed by atoms with van der Waals surface area (Å²) in [5, 5.41) is 5.19. The molecule has 6 nitrogen and oxygen atoms in total. The van der Waals surface area contributed by atoms with E-state index in [4.69, 9.17) is 14.2 Å². The van der Waals surface area contributed by atoms with Gasteiger partial charge in [0.05, 0.1) is 26.9 Å². The molecular weight excluding hydrogens is 376 g/mol. The number of carbonyl (C=O) groups is 1. The zero-order chi connectivity index (χ0) is 19.9. The first kappa shape index (κ1) is 20.5. The lowest BCUT2D eigenvalue weighted by molar-refractivity contribution is 0.0931. The van der Waals surface area contributed by atoms with E-state index in [9.17, 15) is 4.79 Å². The molecule has 0 atom stereocenters. The minimum Gasteiger partial charge on any atom is -0.493 e. The zero-order valence-corrected chi connectivity index (χ0v) is 17.5. The summed E-state index contributed by atoms with van der Waals surface area (Å²) in [6.07, 6.45) is 2.18. The molecule has 0 bridgehead atoms. The minimum absolute atomic E-state index is 0.154. The van der Waals surface area contributed by atoms with Crippen LogP contribution in [0.2, 0.25) is 0 Å². The summed E-state index contributed by atoms with van der Waals surface area (Å²) in [7, 11) is 4.62. The van der Waals surface area contributed by atoms with E-state index >= 15 is 0 Å². The molecule has 1 fully saturated rings. The van der Waals surface area contributed by atoms with Gasteiger partial charge in [-0.3, -0.25) is 9.69 Å². The van der Waals surface area contributed by atoms with Crippen LogP contribution < -0.4 is 19.5 Å². The van der Waals surface area contributed by atoms with Gasteiger partial charge in [-0.15, -0.1) is 11.3 Å². The summed E-state index contributed by atoms with van der Waals surface area (Å²) in [5.74, 6) is 1.70. The van der Waals surface area contributed by atoms with Crippen LogP contribution in [-0.2, 0) is 6.54 Å². The van der Waals surface area contributed by atoms with Crippen LogP contribution in [0.3, 0.4) is 0 Å². The summed E-state index contributed by atoms with van der Waals surface area (Å²) >= 11 is 1.81. The van der Waals surface area contributed by atoms with Gasteiger partial charge in [0.1, 0.15) is 0 Å². The normalized spacial score (nSPS) is 15.2. The highest BCUT2D eigenvalue weighted by Crippen LogP contribution is 2.39. The first-order chi connectivity index (χ1) is 13.7. The van der Waals surface area contributed by atoms with Crippen LogP contribution in [-0.4, -0.2) is 51.8 Å². The molecule has 3 rings (SSSR count). The number of ether oxygens (including phenoxy) is 3. The molecule has 0 spiro atoms. The maximum atomic E-state index is 12.7. The second kappa shape index (κ2) is 9.80. The van der Waals surface area contributed by atoms with Crippen molar-refractivity contribution in [2.24, 2.45) is 5.92 Å². The van der Waals surface area contributed by atoms with E-state index in [1.54, 1.807) is 19.2 Å². The summed E-state index contributed by atoms with van der Waals surface area (Å²) < 4.78 is 16.1. The van der Waals surface area contributed by atoms with Crippen molar-refractivity contribution in [1.82, 2.24) is 10.2 Å². The molecule has 0 aliphatic carbocycles. The molecule has 1 saturated heterocycles. The van der Waals surface area contributed by atoms with Gasteiger partial charge in [-0.05, 0) is 55.4 Å². The molecule has 1 aliphatic heterocycles.